The molecule has 1 aliphatic carbocycles. The Balaban J connectivity index is 1.32. The van der Waals surface area contributed by atoms with E-state index in [1.165, 1.54) is 12.1 Å². The number of benzene rings is 1. The van der Waals surface area contributed by atoms with Crippen LogP contribution in [0.1, 0.15) is 58.1 Å². The van der Waals surface area contributed by atoms with Gasteiger partial charge in [-0.25, -0.2) is 9.37 Å². The van der Waals surface area contributed by atoms with Gasteiger partial charge in [0.25, 0.3) is 0 Å². The summed E-state index contributed by atoms with van der Waals surface area (Å²) in [5, 5.41) is 9.95. The molecular formula is C28H33FN8O. The number of carbonyl (C=O) groups is 1. The minimum absolute atomic E-state index is 0.0201. The molecule has 0 bridgehead atoms. The van der Waals surface area contributed by atoms with Gasteiger partial charge in [0.15, 0.2) is 17.0 Å². The second-order valence-electron chi connectivity index (χ2n) is 10.1. The Morgan fingerprint density at radius 3 is 2.55 bits per heavy atom. The summed E-state index contributed by atoms with van der Waals surface area (Å²) in [5.41, 5.74) is 3.90. The first-order chi connectivity index (χ1) is 18.4. The van der Waals surface area contributed by atoms with Crippen LogP contribution in [-0.4, -0.2) is 42.5 Å². The molecular weight excluding hydrogens is 483 g/mol. The third-order valence-electron chi connectivity index (χ3n) is 6.85. The third kappa shape index (κ3) is 5.90. The van der Waals surface area contributed by atoms with Crippen LogP contribution in [0.4, 0.5) is 16.2 Å². The van der Waals surface area contributed by atoms with E-state index in [-0.39, 0.29) is 29.8 Å². The number of aromatic nitrogens is 5. The average molecular weight is 517 g/mol. The molecule has 1 aliphatic rings. The Kier molecular flexibility index (Phi) is 7.48. The number of halogens is 1. The Labute approximate surface area is 221 Å². The van der Waals surface area contributed by atoms with Gasteiger partial charge in [0, 0.05) is 43.4 Å². The van der Waals surface area contributed by atoms with Gasteiger partial charge >= 0.3 is 0 Å². The topological polar surface area (TPSA) is 110 Å². The molecule has 0 saturated heterocycles. The number of imidazole rings is 1. The molecule has 5 rings (SSSR count). The number of amides is 1. The summed E-state index contributed by atoms with van der Waals surface area (Å²) in [5.74, 6) is 0.948. The first-order valence-electron chi connectivity index (χ1n) is 13.1. The smallest absolute Gasteiger partial charge is 0.227 e. The number of pyridine rings is 1. The number of hydrogen-bond acceptors (Lipinski definition) is 7. The second-order valence-corrected chi connectivity index (χ2v) is 10.1. The third-order valence-corrected chi connectivity index (χ3v) is 6.85. The van der Waals surface area contributed by atoms with Crippen LogP contribution >= 0.6 is 0 Å². The van der Waals surface area contributed by atoms with E-state index in [1.807, 2.05) is 22.8 Å². The Hall–Kier alpha value is -4.08. The lowest BCUT2D eigenvalue weighted by molar-refractivity contribution is -0.119. The quantitative estimate of drug-likeness (QED) is 0.300. The van der Waals surface area contributed by atoms with Crippen LogP contribution in [0.5, 0.6) is 0 Å². The zero-order valence-corrected chi connectivity index (χ0v) is 21.9. The van der Waals surface area contributed by atoms with Crippen LogP contribution in [0.2, 0.25) is 0 Å². The van der Waals surface area contributed by atoms with Crippen molar-refractivity contribution < 1.29 is 9.18 Å². The lowest BCUT2D eigenvalue weighted by atomic mass is 9.91. The molecule has 198 valence electrons. The van der Waals surface area contributed by atoms with Crippen molar-refractivity contribution in [3.05, 3.63) is 60.3 Å². The van der Waals surface area contributed by atoms with E-state index in [1.54, 1.807) is 25.5 Å². The Morgan fingerprint density at radius 2 is 1.87 bits per heavy atom. The van der Waals surface area contributed by atoms with Crippen molar-refractivity contribution in [2.75, 3.05) is 10.6 Å². The van der Waals surface area contributed by atoms with Crippen LogP contribution < -0.4 is 16.0 Å². The average Bonchev–Trinajstić information content (AvgIpc) is 3.33. The van der Waals surface area contributed by atoms with Crippen LogP contribution in [-0.2, 0) is 11.3 Å². The van der Waals surface area contributed by atoms with E-state index in [0.29, 0.717) is 29.5 Å². The zero-order valence-electron chi connectivity index (χ0n) is 21.9. The predicted molar refractivity (Wildman–Crippen MR) is 146 cm³/mol. The summed E-state index contributed by atoms with van der Waals surface area (Å²) in [6.07, 6.45) is 7.29. The zero-order chi connectivity index (χ0) is 26.6. The van der Waals surface area contributed by atoms with Crippen molar-refractivity contribution >= 4 is 28.8 Å². The number of nitrogens with one attached hydrogen (secondary N) is 3. The number of rotatable bonds is 8. The number of anilines is 2. The summed E-state index contributed by atoms with van der Waals surface area (Å²) in [4.78, 5) is 30.1. The van der Waals surface area contributed by atoms with E-state index in [4.69, 9.17) is 9.97 Å². The van der Waals surface area contributed by atoms with E-state index < -0.39 is 0 Å². The van der Waals surface area contributed by atoms with Gasteiger partial charge < -0.3 is 20.5 Å². The van der Waals surface area contributed by atoms with Gasteiger partial charge in [-0.05, 0) is 63.3 Å². The van der Waals surface area contributed by atoms with Gasteiger partial charge in [0.05, 0.1) is 12.0 Å². The maximum atomic E-state index is 13.6. The first kappa shape index (κ1) is 25.6. The summed E-state index contributed by atoms with van der Waals surface area (Å²) < 4.78 is 15.6. The van der Waals surface area contributed by atoms with Crippen molar-refractivity contribution in [1.29, 1.82) is 0 Å². The van der Waals surface area contributed by atoms with Gasteiger partial charge in [-0.2, -0.15) is 9.97 Å². The summed E-state index contributed by atoms with van der Waals surface area (Å²) in [6, 6.07) is 10.9. The number of hydrogen-bond donors (Lipinski definition) is 3. The van der Waals surface area contributed by atoms with Gasteiger partial charge in [0.1, 0.15) is 5.82 Å². The molecule has 9 nitrogen and oxygen atoms in total. The number of fused-ring (bicyclic) bond motifs is 1. The van der Waals surface area contributed by atoms with Crippen LogP contribution in [0.15, 0.2) is 48.9 Å². The molecule has 1 aromatic carbocycles. The highest BCUT2D eigenvalue weighted by molar-refractivity contribution is 5.84. The minimum Gasteiger partial charge on any atom is -0.364 e. The van der Waals surface area contributed by atoms with Crippen molar-refractivity contribution in [2.45, 2.75) is 71.1 Å². The standard InChI is InChI=1S/C28H33FN8O/c1-17(2)37-16-32-25-26(31-15-19-7-12-24(30-14-19)20-5-4-6-21(29)13-20)35-28(36-27(25)37)34-23-10-8-22(9-11-23)33-18(3)38/h4-7,12-14,16-17,22-23H,8-11,15H2,1-3H3,(H,33,38)(H2,31,34,35,36). The van der Waals surface area contributed by atoms with Crippen molar-refractivity contribution in [3.63, 3.8) is 0 Å². The van der Waals surface area contributed by atoms with Gasteiger partial charge in [-0.15, -0.1) is 0 Å². The summed E-state index contributed by atoms with van der Waals surface area (Å²) in [7, 11) is 0. The fourth-order valence-corrected chi connectivity index (χ4v) is 4.87. The highest BCUT2D eigenvalue weighted by Gasteiger charge is 2.23. The van der Waals surface area contributed by atoms with Crippen molar-refractivity contribution in [1.82, 2.24) is 29.8 Å². The van der Waals surface area contributed by atoms with Gasteiger partial charge in [0.2, 0.25) is 11.9 Å². The fourth-order valence-electron chi connectivity index (χ4n) is 4.87. The van der Waals surface area contributed by atoms with Gasteiger partial charge in [-0.3, -0.25) is 9.78 Å². The second kappa shape index (κ2) is 11.1. The van der Waals surface area contributed by atoms with E-state index in [9.17, 15) is 9.18 Å². The lowest BCUT2D eigenvalue weighted by Gasteiger charge is -2.29. The summed E-state index contributed by atoms with van der Waals surface area (Å²) >= 11 is 0. The monoisotopic (exact) mass is 516 g/mol. The Morgan fingerprint density at radius 1 is 1.08 bits per heavy atom. The molecule has 0 aliphatic heterocycles. The molecule has 3 N–H and O–H groups in total. The predicted octanol–water partition coefficient (Wildman–Crippen LogP) is 5.08. The molecule has 0 unspecified atom stereocenters. The molecule has 1 fully saturated rings. The number of nitrogens with zero attached hydrogens (tertiary/aromatic N) is 5. The van der Waals surface area contributed by atoms with Crippen LogP contribution in [0.3, 0.4) is 0 Å². The molecule has 0 atom stereocenters. The molecule has 1 amide bonds. The normalized spacial score (nSPS) is 17.5. The van der Waals surface area contributed by atoms with Crippen molar-refractivity contribution in [2.24, 2.45) is 0 Å². The molecule has 3 heterocycles. The highest BCUT2D eigenvalue weighted by atomic mass is 19.1. The molecule has 4 aromatic rings. The molecule has 3 aromatic heterocycles. The SMILES string of the molecule is CC(=O)NC1CCC(Nc2nc(NCc3ccc(-c4cccc(F)c4)nc3)c3ncn(C(C)C)c3n2)CC1. The van der Waals surface area contributed by atoms with Crippen LogP contribution in [0, 0.1) is 5.82 Å². The lowest BCUT2D eigenvalue weighted by Crippen LogP contribution is -2.39. The van der Waals surface area contributed by atoms with Crippen LogP contribution in [0.25, 0.3) is 22.4 Å². The minimum atomic E-state index is -0.283. The molecule has 1 saturated carbocycles. The molecule has 10 heteroatoms. The summed E-state index contributed by atoms with van der Waals surface area (Å²) in [6.45, 7) is 6.25. The first-order valence-corrected chi connectivity index (χ1v) is 13.1. The maximum absolute atomic E-state index is 13.6. The van der Waals surface area contributed by atoms with Crippen molar-refractivity contribution in [3.8, 4) is 11.3 Å². The fraction of sp³-hybridized carbons (Fsp3) is 0.393. The largest absolute Gasteiger partial charge is 0.364 e. The van der Waals surface area contributed by atoms with E-state index in [2.05, 4.69) is 39.8 Å². The maximum Gasteiger partial charge on any atom is 0.227 e. The molecule has 0 spiro atoms. The molecule has 38 heavy (non-hydrogen) atoms. The molecule has 0 radical (unpaired) electrons. The number of carbonyl (C=O) groups excluding carboxylic acids is 1. The Bertz CT molecular complexity index is 1410. The van der Waals surface area contributed by atoms with Gasteiger partial charge in [-0.1, -0.05) is 18.2 Å². The van der Waals surface area contributed by atoms with E-state index in [0.717, 1.165) is 42.5 Å². The highest BCUT2D eigenvalue weighted by Crippen LogP contribution is 2.27. The van der Waals surface area contributed by atoms with E-state index >= 15 is 0 Å².